The minimum atomic E-state index is -0.554. The summed E-state index contributed by atoms with van der Waals surface area (Å²) < 4.78 is 1.32. The lowest BCUT2D eigenvalue weighted by Gasteiger charge is -2.06. The maximum absolute atomic E-state index is 11.6. The lowest BCUT2D eigenvalue weighted by atomic mass is 10.3. The molecule has 4 aromatic rings. The van der Waals surface area contributed by atoms with Crippen LogP contribution in [0.3, 0.4) is 0 Å². The molecule has 11 heteroatoms. The second kappa shape index (κ2) is 5.62. The molecule has 0 saturated carbocycles. The Morgan fingerprint density at radius 1 is 1.21 bits per heavy atom. The van der Waals surface area contributed by atoms with Gasteiger partial charge in [-0.1, -0.05) is 17.3 Å². The molecule has 1 N–H and O–H groups in total. The summed E-state index contributed by atoms with van der Waals surface area (Å²) >= 11 is 1.30. The van der Waals surface area contributed by atoms with Gasteiger partial charge in [0.2, 0.25) is 11.6 Å². The van der Waals surface area contributed by atoms with Crippen LogP contribution < -0.4 is 5.32 Å². The Labute approximate surface area is 138 Å². The Bertz CT molecular complexity index is 1030. The zero-order valence-electron chi connectivity index (χ0n) is 11.9. The molecule has 1 aromatic carbocycles. The first kappa shape index (κ1) is 14.1. The molecule has 3 aromatic heterocycles. The van der Waals surface area contributed by atoms with E-state index in [2.05, 4.69) is 30.6 Å². The maximum Gasteiger partial charge on any atom is 0.356 e. The third-order valence-electron chi connectivity index (χ3n) is 3.20. The van der Waals surface area contributed by atoms with E-state index in [1.807, 2.05) is 6.07 Å². The van der Waals surface area contributed by atoms with Gasteiger partial charge in [0.25, 0.3) is 0 Å². The smallest absolute Gasteiger partial charge is 0.310 e. The molecule has 0 atom stereocenters. The van der Waals surface area contributed by atoms with Crippen molar-refractivity contribution in [1.29, 1.82) is 0 Å². The molecule has 0 aliphatic rings. The number of hydrogen-bond donors (Lipinski definition) is 1. The van der Waals surface area contributed by atoms with Gasteiger partial charge in [-0.25, -0.2) is 15.0 Å². The summed E-state index contributed by atoms with van der Waals surface area (Å²) in [6, 6.07) is 7.13. The second-order valence-electron chi connectivity index (χ2n) is 4.60. The SMILES string of the molecule is O=[N+]([O-])c1c(Nc2nccs2)ncnc1-n1nnc2ccccc21. The van der Waals surface area contributed by atoms with Crippen molar-refractivity contribution in [2.45, 2.75) is 0 Å². The average molecular weight is 340 g/mol. The summed E-state index contributed by atoms with van der Waals surface area (Å²) in [5.74, 6) is 0.0716. The molecule has 0 radical (unpaired) electrons. The highest BCUT2D eigenvalue weighted by Gasteiger charge is 2.26. The van der Waals surface area contributed by atoms with Crippen LogP contribution in [0.2, 0.25) is 0 Å². The molecule has 118 valence electrons. The van der Waals surface area contributed by atoms with Crippen molar-refractivity contribution in [2.75, 3.05) is 5.32 Å². The maximum atomic E-state index is 11.6. The standard InChI is InChI=1S/C13H8N8O2S/c22-21(23)10-11(17-13-14-5-6-24-13)15-7-16-12(10)20-9-4-2-1-3-8(9)18-19-20/h1-7H,(H,14,15,16,17). The van der Waals surface area contributed by atoms with E-state index in [4.69, 9.17) is 0 Å². The van der Waals surface area contributed by atoms with Crippen LogP contribution in [0, 0.1) is 10.1 Å². The first-order valence-corrected chi connectivity index (χ1v) is 7.59. The highest BCUT2D eigenvalue weighted by Crippen LogP contribution is 2.31. The molecule has 0 bridgehead atoms. The molecule has 0 aliphatic heterocycles. The predicted octanol–water partition coefficient (Wildman–Crippen LogP) is 2.32. The molecule has 0 fully saturated rings. The number of para-hydroxylation sites is 1. The second-order valence-corrected chi connectivity index (χ2v) is 5.50. The summed E-state index contributed by atoms with van der Waals surface area (Å²) in [5.41, 5.74) is 0.919. The Morgan fingerprint density at radius 2 is 2.08 bits per heavy atom. The third kappa shape index (κ3) is 2.32. The summed E-state index contributed by atoms with van der Waals surface area (Å²) in [6.45, 7) is 0. The number of nitrogens with one attached hydrogen (secondary N) is 1. The number of rotatable bonds is 4. The van der Waals surface area contributed by atoms with Crippen LogP contribution >= 0.6 is 11.3 Å². The quantitative estimate of drug-likeness (QED) is 0.443. The fraction of sp³-hybridized carbons (Fsp3) is 0. The number of aromatic nitrogens is 6. The Kier molecular flexibility index (Phi) is 3.31. The highest BCUT2D eigenvalue weighted by atomic mass is 32.1. The topological polar surface area (TPSA) is 125 Å². The largest absolute Gasteiger partial charge is 0.356 e. The lowest BCUT2D eigenvalue weighted by molar-refractivity contribution is -0.384. The number of nitro groups is 1. The molecule has 3 heterocycles. The van der Waals surface area contributed by atoms with Crippen LogP contribution in [-0.4, -0.2) is 34.9 Å². The molecule has 0 saturated heterocycles. The Morgan fingerprint density at radius 3 is 2.88 bits per heavy atom. The summed E-state index contributed by atoms with van der Waals surface area (Å²) in [4.78, 5) is 23.1. The van der Waals surface area contributed by atoms with Crippen LogP contribution in [0.4, 0.5) is 16.6 Å². The van der Waals surface area contributed by atoms with Crippen LogP contribution in [-0.2, 0) is 0 Å². The number of benzene rings is 1. The fourth-order valence-corrected chi connectivity index (χ4v) is 2.72. The van der Waals surface area contributed by atoms with Crippen LogP contribution in [0.1, 0.15) is 0 Å². The molecule has 0 spiro atoms. The van der Waals surface area contributed by atoms with Crippen LogP contribution in [0.5, 0.6) is 0 Å². The summed E-state index contributed by atoms with van der Waals surface area (Å²) in [6.07, 6.45) is 2.82. The Hall–Kier alpha value is -3.47. The fourth-order valence-electron chi connectivity index (χ4n) is 2.20. The van der Waals surface area contributed by atoms with Crippen LogP contribution in [0.15, 0.2) is 42.2 Å². The molecule has 4 rings (SSSR count). The number of nitrogens with zero attached hydrogens (tertiary/aromatic N) is 7. The van der Waals surface area contributed by atoms with Gasteiger partial charge in [-0.3, -0.25) is 10.1 Å². The van der Waals surface area contributed by atoms with E-state index in [0.717, 1.165) is 0 Å². The molecular formula is C13H8N8O2S. The van der Waals surface area contributed by atoms with Gasteiger partial charge >= 0.3 is 5.69 Å². The van der Waals surface area contributed by atoms with E-state index in [9.17, 15) is 10.1 Å². The van der Waals surface area contributed by atoms with Crippen molar-refractivity contribution in [3.63, 3.8) is 0 Å². The van der Waals surface area contributed by atoms with Gasteiger partial charge < -0.3 is 5.32 Å². The van der Waals surface area contributed by atoms with Gasteiger partial charge in [-0.2, -0.15) is 4.68 Å². The normalized spacial score (nSPS) is 10.8. The minimum Gasteiger partial charge on any atom is -0.310 e. The summed E-state index contributed by atoms with van der Waals surface area (Å²) in [5, 5.41) is 24.7. The Balaban J connectivity index is 1.91. The van der Waals surface area contributed by atoms with E-state index < -0.39 is 4.92 Å². The number of anilines is 2. The first-order valence-electron chi connectivity index (χ1n) is 6.71. The van der Waals surface area contributed by atoms with E-state index >= 15 is 0 Å². The molecular weight excluding hydrogens is 332 g/mol. The van der Waals surface area contributed by atoms with Gasteiger partial charge in [0.05, 0.1) is 10.4 Å². The molecule has 0 unspecified atom stereocenters. The van der Waals surface area contributed by atoms with Gasteiger partial charge in [0.1, 0.15) is 11.8 Å². The van der Waals surface area contributed by atoms with Crippen molar-refractivity contribution < 1.29 is 4.92 Å². The zero-order valence-corrected chi connectivity index (χ0v) is 12.7. The third-order valence-corrected chi connectivity index (χ3v) is 3.88. The van der Waals surface area contributed by atoms with E-state index in [-0.39, 0.29) is 17.3 Å². The monoisotopic (exact) mass is 340 g/mol. The van der Waals surface area contributed by atoms with E-state index in [1.165, 1.54) is 22.3 Å². The molecule has 10 nitrogen and oxygen atoms in total. The number of hydrogen-bond acceptors (Lipinski definition) is 9. The van der Waals surface area contributed by atoms with E-state index in [1.54, 1.807) is 29.8 Å². The lowest BCUT2D eigenvalue weighted by Crippen LogP contribution is -2.08. The predicted molar refractivity (Wildman–Crippen MR) is 86.5 cm³/mol. The average Bonchev–Trinajstić information content (AvgIpc) is 3.23. The number of fused-ring (bicyclic) bond motifs is 1. The van der Waals surface area contributed by atoms with Crippen molar-refractivity contribution in [1.82, 2.24) is 29.9 Å². The summed E-state index contributed by atoms with van der Waals surface area (Å²) in [7, 11) is 0. The zero-order chi connectivity index (χ0) is 16.5. The van der Waals surface area contributed by atoms with Crippen molar-refractivity contribution in [2.24, 2.45) is 0 Å². The van der Waals surface area contributed by atoms with Crippen molar-refractivity contribution in [3.05, 3.63) is 52.3 Å². The molecule has 24 heavy (non-hydrogen) atoms. The van der Waals surface area contributed by atoms with Crippen LogP contribution in [0.25, 0.3) is 16.9 Å². The van der Waals surface area contributed by atoms with Gasteiger partial charge in [0, 0.05) is 11.6 Å². The first-order chi connectivity index (χ1) is 11.7. The van der Waals surface area contributed by atoms with E-state index in [0.29, 0.717) is 16.2 Å². The van der Waals surface area contributed by atoms with Crippen molar-refractivity contribution in [3.8, 4) is 5.82 Å². The van der Waals surface area contributed by atoms with Gasteiger partial charge in [-0.15, -0.1) is 16.4 Å². The van der Waals surface area contributed by atoms with Gasteiger partial charge in [0.15, 0.2) is 5.13 Å². The molecule has 0 amide bonds. The highest BCUT2D eigenvalue weighted by molar-refractivity contribution is 7.13. The number of thiazole rings is 1. The van der Waals surface area contributed by atoms with Gasteiger partial charge in [-0.05, 0) is 12.1 Å². The minimum absolute atomic E-state index is 0.0303. The molecule has 0 aliphatic carbocycles. The van der Waals surface area contributed by atoms with Crippen molar-refractivity contribution >= 4 is 39.0 Å².